The topological polar surface area (TPSA) is 59.5 Å². The number of nitrogens with one attached hydrogen (secondary N) is 1. The fourth-order valence-corrected chi connectivity index (χ4v) is 3.45. The maximum atomic E-state index is 6.30. The van der Waals surface area contributed by atoms with Crippen LogP contribution in [-0.4, -0.2) is 36.3 Å². The van der Waals surface area contributed by atoms with Gasteiger partial charge in [0.2, 0.25) is 0 Å². The van der Waals surface area contributed by atoms with Gasteiger partial charge in [0.05, 0.1) is 24.5 Å². The van der Waals surface area contributed by atoms with Gasteiger partial charge in [-0.05, 0) is 38.0 Å². The second-order valence-corrected chi connectivity index (χ2v) is 6.40. The molecule has 6 nitrogen and oxygen atoms in total. The average molecular weight is 326 g/mol. The minimum absolute atomic E-state index is 0.130. The van der Waals surface area contributed by atoms with Gasteiger partial charge in [-0.3, -0.25) is 0 Å². The van der Waals surface area contributed by atoms with E-state index >= 15 is 0 Å². The minimum atomic E-state index is -0.130. The molecule has 1 aromatic carbocycles. The van der Waals surface area contributed by atoms with E-state index in [9.17, 15) is 0 Å². The van der Waals surface area contributed by atoms with Crippen LogP contribution in [0.3, 0.4) is 0 Å². The first kappa shape index (κ1) is 15.2. The van der Waals surface area contributed by atoms with Gasteiger partial charge >= 0.3 is 0 Å². The Morgan fingerprint density at radius 3 is 2.75 bits per heavy atom. The van der Waals surface area contributed by atoms with Gasteiger partial charge in [0, 0.05) is 13.1 Å². The van der Waals surface area contributed by atoms with Crippen molar-refractivity contribution in [2.75, 3.05) is 36.5 Å². The predicted octanol–water partition coefficient (Wildman–Crippen LogP) is 3.13. The van der Waals surface area contributed by atoms with Crippen LogP contribution in [-0.2, 0) is 4.74 Å². The van der Waals surface area contributed by atoms with E-state index in [1.807, 2.05) is 0 Å². The number of aromatic nitrogens is 2. The summed E-state index contributed by atoms with van der Waals surface area (Å²) in [6, 6.07) is 4.23. The number of nitrogens with zero attached hydrogens (tertiary/aromatic N) is 3. The van der Waals surface area contributed by atoms with Crippen LogP contribution < -0.4 is 15.0 Å². The molecule has 1 atom stereocenters. The standard InChI is InChI=1S/C18H22N4O2/c1-11-8-12(2)16-14(9-11)21-17-15(13(3)24-16)18(20-10-19-17)22-4-6-23-7-5-22/h8-10,13H,4-7H2,1-3H3,(H,19,20,21)/t13-/m0/s1. The summed E-state index contributed by atoms with van der Waals surface area (Å²) in [5.74, 6) is 2.65. The molecule has 0 amide bonds. The Balaban J connectivity index is 1.80. The van der Waals surface area contributed by atoms with Crippen LogP contribution in [0, 0.1) is 13.8 Å². The molecule has 2 aliphatic heterocycles. The molecule has 0 radical (unpaired) electrons. The summed E-state index contributed by atoms with van der Waals surface area (Å²) in [7, 11) is 0. The fraction of sp³-hybridized carbons (Fsp3) is 0.444. The highest BCUT2D eigenvalue weighted by atomic mass is 16.5. The third-order valence-corrected chi connectivity index (χ3v) is 4.55. The number of hydrogen-bond acceptors (Lipinski definition) is 6. The van der Waals surface area contributed by atoms with E-state index in [0.29, 0.717) is 0 Å². The number of rotatable bonds is 1. The van der Waals surface area contributed by atoms with Crippen molar-refractivity contribution in [3.05, 3.63) is 35.2 Å². The SMILES string of the molecule is Cc1cc(C)c2c(c1)Nc1ncnc(N3CCOCC3)c1[C@H](C)O2. The second-order valence-electron chi connectivity index (χ2n) is 6.40. The first-order valence-corrected chi connectivity index (χ1v) is 8.36. The van der Waals surface area contributed by atoms with Gasteiger partial charge in [-0.25, -0.2) is 9.97 Å². The normalized spacial score (nSPS) is 19.6. The maximum absolute atomic E-state index is 6.30. The van der Waals surface area contributed by atoms with Crippen LogP contribution >= 0.6 is 0 Å². The Labute approximate surface area is 141 Å². The van der Waals surface area contributed by atoms with Crippen molar-refractivity contribution in [1.82, 2.24) is 9.97 Å². The van der Waals surface area contributed by atoms with Crippen molar-refractivity contribution in [3.63, 3.8) is 0 Å². The lowest BCUT2D eigenvalue weighted by Crippen LogP contribution is -2.37. The molecular weight excluding hydrogens is 304 g/mol. The Morgan fingerprint density at radius 1 is 1.17 bits per heavy atom. The van der Waals surface area contributed by atoms with Crippen molar-refractivity contribution in [1.29, 1.82) is 0 Å². The number of fused-ring (bicyclic) bond motifs is 2. The van der Waals surface area contributed by atoms with E-state index in [4.69, 9.17) is 9.47 Å². The van der Waals surface area contributed by atoms with Gasteiger partial charge in [0.15, 0.2) is 0 Å². The molecule has 0 bridgehead atoms. The fourth-order valence-electron chi connectivity index (χ4n) is 3.45. The van der Waals surface area contributed by atoms with Crippen molar-refractivity contribution in [2.45, 2.75) is 26.9 Å². The molecule has 0 aliphatic carbocycles. The quantitative estimate of drug-likeness (QED) is 0.869. The van der Waals surface area contributed by atoms with Crippen molar-refractivity contribution < 1.29 is 9.47 Å². The second kappa shape index (κ2) is 5.94. The van der Waals surface area contributed by atoms with Crippen molar-refractivity contribution in [2.24, 2.45) is 0 Å². The molecule has 0 spiro atoms. The molecule has 24 heavy (non-hydrogen) atoms. The summed E-state index contributed by atoms with van der Waals surface area (Å²) < 4.78 is 11.8. The zero-order chi connectivity index (χ0) is 16.7. The van der Waals surface area contributed by atoms with Crippen LogP contribution in [0.15, 0.2) is 18.5 Å². The molecule has 3 heterocycles. The van der Waals surface area contributed by atoms with Gasteiger partial charge in [0.25, 0.3) is 0 Å². The number of benzene rings is 1. The third kappa shape index (κ3) is 2.57. The minimum Gasteiger partial charge on any atom is -0.483 e. The lowest BCUT2D eigenvalue weighted by molar-refractivity contribution is 0.122. The van der Waals surface area contributed by atoms with E-state index in [0.717, 1.165) is 60.5 Å². The van der Waals surface area contributed by atoms with E-state index < -0.39 is 0 Å². The number of hydrogen-bond donors (Lipinski definition) is 1. The van der Waals surface area contributed by atoms with Crippen LogP contribution in [0.5, 0.6) is 5.75 Å². The molecule has 1 fully saturated rings. The summed E-state index contributed by atoms with van der Waals surface area (Å²) in [4.78, 5) is 11.3. The van der Waals surface area contributed by atoms with Crippen molar-refractivity contribution >= 4 is 17.3 Å². The number of morpholine rings is 1. The van der Waals surface area contributed by atoms with Crippen LogP contribution in [0.2, 0.25) is 0 Å². The summed E-state index contributed by atoms with van der Waals surface area (Å²) in [5, 5.41) is 3.46. The van der Waals surface area contributed by atoms with Crippen LogP contribution in [0.25, 0.3) is 0 Å². The number of anilines is 3. The van der Waals surface area contributed by atoms with E-state index in [-0.39, 0.29) is 6.10 Å². The molecule has 4 rings (SSSR count). The highest BCUT2D eigenvalue weighted by molar-refractivity contribution is 5.73. The predicted molar refractivity (Wildman–Crippen MR) is 93.3 cm³/mol. The third-order valence-electron chi connectivity index (χ3n) is 4.55. The molecule has 1 saturated heterocycles. The largest absolute Gasteiger partial charge is 0.483 e. The van der Waals surface area contributed by atoms with Crippen LogP contribution in [0.1, 0.15) is 29.7 Å². The Morgan fingerprint density at radius 2 is 1.96 bits per heavy atom. The highest BCUT2D eigenvalue weighted by Gasteiger charge is 2.28. The molecule has 2 aromatic rings. The van der Waals surface area contributed by atoms with Gasteiger partial charge in [-0.2, -0.15) is 0 Å². The van der Waals surface area contributed by atoms with E-state index in [2.05, 4.69) is 53.1 Å². The highest BCUT2D eigenvalue weighted by Crippen LogP contribution is 2.43. The smallest absolute Gasteiger partial charge is 0.146 e. The Bertz CT molecular complexity index is 772. The lowest BCUT2D eigenvalue weighted by atomic mass is 10.1. The average Bonchev–Trinajstić information content (AvgIpc) is 2.72. The molecule has 126 valence electrons. The lowest BCUT2D eigenvalue weighted by Gasteiger charge is -2.30. The van der Waals surface area contributed by atoms with E-state index in [1.165, 1.54) is 5.56 Å². The molecule has 6 heteroatoms. The summed E-state index contributed by atoms with van der Waals surface area (Å²) >= 11 is 0. The Kier molecular flexibility index (Phi) is 3.76. The molecule has 2 aliphatic rings. The van der Waals surface area contributed by atoms with Crippen molar-refractivity contribution in [3.8, 4) is 5.75 Å². The summed E-state index contributed by atoms with van der Waals surface area (Å²) in [6.07, 6.45) is 1.49. The number of ether oxygens (including phenoxy) is 2. The first-order chi connectivity index (χ1) is 11.6. The summed E-state index contributed by atoms with van der Waals surface area (Å²) in [6.45, 7) is 9.33. The van der Waals surface area contributed by atoms with Gasteiger partial charge in [-0.15, -0.1) is 0 Å². The monoisotopic (exact) mass is 326 g/mol. The van der Waals surface area contributed by atoms with Gasteiger partial charge in [0.1, 0.15) is 29.8 Å². The molecule has 1 N–H and O–H groups in total. The maximum Gasteiger partial charge on any atom is 0.146 e. The van der Waals surface area contributed by atoms with Crippen LogP contribution in [0.4, 0.5) is 17.3 Å². The first-order valence-electron chi connectivity index (χ1n) is 8.36. The van der Waals surface area contributed by atoms with E-state index in [1.54, 1.807) is 6.33 Å². The number of aryl methyl sites for hydroxylation is 2. The van der Waals surface area contributed by atoms with Gasteiger partial charge < -0.3 is 19.7 Å². The molecule has 1 aromatic heterocycles. The zero-order valence-electron chi connectivity index (χ0n) is 14.3. The zero-order valence-corrected chi connectivity index (χ0v) is 14.3. The van der Waals surface area contributed by atoms with Gasteiger partial charge in [-0.1, -0.05) is 6.07 Å². The Hall–Kier alpha value is -2.34. The molecular formula is C18H22N4O2. The molecule has 0 saturated carbocycles. The summed E-state index contributed by atoms with van der Waals surface area (Å²) in [5.41, 5.74) is 4.29. The molecule has 0 unspecified atom stereocenters.